The number of methoxy groups -OCH3 is 2. The van der Waals surface area contributed by atoms with Gasteiger partial charge >= 0.3 is 5.97 Å². The molecule has 0 radical (unpaired) electrons. The fraction of sp³-hybridized carbons (Fsp3) is 0.148. The number of ether oxygens (including phenoxy) is 3. The Kier molecular flexibility index (Phi) is 8.58. The summed E-state index contributed by atoms with van der Waals surface area (Å²) < 4.78 is 17.0. The van der Waals surface area contributed by atoms with Crippen molar-refractivity contribution in [3.8, 4) is 11.5 Å². The number of nitrogens with zero attached hydrogens (tertiary/aromatic N) is 2. The van der Waals surface area contributed by atoms with Crippen LogP contribution in [0.2, 0.25) is 5.02 Å². The first-order valence-electron chi connectivity index (χ1n) is 11.0. The molecule has 0 bridgehead atoms. The summed E-state index contributed by atoms with van der Waals surface area (Å²) in [7, 11) is 4.56. The monoisotopic (exact) mass is 600 g/mol. The van der Waals surface area contributed by atoms with Crippen LogP contribution in [0.25, 0.3) is 6.08 Å². The Balaban J connectivity index is 1.54. The number of amidine groups is 1. The molecule has 1 heterocycles. The molecule has 0 unspecified atom stereocenters. The molecule has 1 aliphatic rings. The van der Waals surface area contributed by atoms with Gasteiger partial charge in [0.15, 0.2) is 16.7 Å². The number of benzene rings is 3. The molecule has 1 fully saturated rings. The van der Waals surface area contributed by atoms with Gasteiger partial charge in [-0.25, -0.2) is 9.79 Å². The van der Waals surface area contributed by atoms with Gasteiger partial charge in [-0.15, -0.1) is 0 Å². The topological polar surface area (TPSA) is 77.4 Å². The summed E-state index contributed by atoms with van der Waals surface area (Å²) in [6.45, 7) is 0.339. The Labute approximate surface area is 232 Å². The van der Waals surface area contributed by atoms with E-state index in [2.05, 4.69) is 20.9 Å². The van der Waals surface area contributed by atoms with Crippen molar-refractivity contribution in [1.29, 1.82) is 0 Å². The minimum atomic E-state index is -0.421. The number of thioether (sulfide) groups is 1. The summed E-state index contributed by atoms with van der Waals surface area (Å²) in [5.74, 6) is 0.487. The largest absolute Gasteiger partial charge is 0.493 e. The third-order valence-corrected chi connectivity index (χ3v) is 7.26. The van der Waals surface area contributed by atoms with E-state index in [-0.39, 0.29) is 5.91 Å². The van der Waals surface area contributed by atoms with Gasteiger partial charge in [0.2, 0.25) is 0 Å². The molecule has 3 aromatic carbocycles. The van der Waals surface area contributed by atoms with E-state index in [1.807, 2.05) is 36.4 Å². The second kappa shape index (κ2) is 11.9. The number of esters is 1. The summed E-state index contributed by atoms with van der Waals surface area (Å²) in [6, 6.07) is 17.7. The van der Waals surface area contributed by atoms with Crippen LogP contribution in [0.1, 0.15) is 21.5 Å². The minimum Gasteiger partial charge on any atom is -0.493 e. The highest BCUT2D eigenvalue weighted by Crippen LogP contribution is 2.39. The third-order valence-electron chi connectivity index (χ3n) is 5.36. The summed E-state index contributed by atoms with van der Waals surface area (Å²) in [4.78, 5) is 31.1. The zero-order valence-corrected chi connectivity index (χ0v) is 23.3. The molecule has 37 heavy (non-hydrogen) atoms. The lowest BCUT2D eigenvalue weighted by atomic mass is 10.1. The first-order chi connectivity index (χ1) is 17.8. The van der Waals surface area contributed by atoms with Gasteiger partial charge in [0, 0.05) is 12.1 Å². The quantitative estimate of drug-likeness (QED) is 0.221. The lowest BCUT2D eigenvalue weighted by molar-refractivity contribution is -0.121. The smallest absolute Gasteiger partial charge is 0.337 e. The minimum absolute atomic E-state index is 0.173. The molecular weight excluding hydrogens is 580 g/mol. The van der Waals surface area contributed by atoms with Crippen LogP contribution in [0.15, 0.2) is 75.0 Å². The van der Waals surface area contributed by atoms with Crippen molar-refractivity contribution < 1.29 is 23.8 Å². The van der Waals surface area contributed by atoms with Gasteiger partial charge in [-0.1, -0.05) is 23.7 Å². The summed E-state index contributed by atoms with van der Waals surface area (Å²) >= 11 is 10.8. The standard InChI is InChI=1S/C27H22BrClN2O5S/c1-31-25(32)23(37-27(31)30-20-10-6-18(7-11-20)26(33)35-3)14-17-12-21(28)24(22(13-17)34-2)36-15-16-4-8-19(29)9-5-16/h4-14H,15H2,1-3H3/b23-14-,30-27?. The second-order valence-corrected chi connectivity index (χ2v) is 10.2. The van der Waals surface area contributed by atoms with Gasteiger partial charge in [-0.3, -0.25) is 9.69 Å². The first-order valence-corrected chi connectivity index (χ1v) is 13.0. The molecule has 1 saturated heterocycles. The lowest BCUT2D eigenvalue weighted by Gasteiger charge is -2.14. The molecule has 3 aromatic rings. The lowest BCUT2D eigenvalue weighted by Crippen LogP contribution is -2.23. The van der Waals surface area contributed by atoms with E-state index in [1.165, 1.54) is 23.8 Å². The van der Waals surface area contributed by atoms with Crippen LogP contribution < -0.4 is 9.47 Å². The van der Waals surface area contributed by atoms with Crippen LogP contribution in [-0.2, 0) is 16.1 Å². The van der Waals surface area contributed by atoms with Crippen LogP contribution in [0.4, 0.5) is 5.69 Å². The van der Waals surface area contributed by atoms with Gasteiger partial charge < -0.3 is 14.2 Å². The molecule has 10 heteroatoms. The maximum absolute atomic E-state index is 12.9. The van der Waals surface area contributed by atoms with Gasteiger partial charge in [-0.2, -0.15) is 0 Å². The number of carbonyl (C=O) groups excluding carboxylic acids is 2. The fourth-order valence-electron chi connectivity index (χ4n) is 3.40. The summed E-state index contributed by atoms with van der Waals surface area (Å²) in [5.41, 5.74) is 2.76. The maximum Gasteiger partial charge on any atom is 0.337 e. The second-order valence-electron chi connectivity index (χ2n) is 7.86. The van der Waals surface area contributed by atoms with Gasteiger partial charge in [0.25, 0.3) is 5.91 Å². The maximum atomic E-state index is 12.9. The van der Waals surface area contributed by atoms with Crippen LogP contribution >= 0.6 is 39.3 Å². The zero-order chi connectivity index (χ0) is 26.5. The molecule has 0 spiro atoms. The van der Waals surface area contributed by atoms with Crippen molar-refractivity contribution in [3.63, 3.8) is 0 Å². The number of amides is 1. The molecule has 7 nitrogen and oxygen atoms in total. The number of aliphatic imine (C=N–C) groups is 1. The number of hydrogen-bond donors (Lipinski definition) is 0. The average molecular weight is 602 g/mol. The van der Waals surface area contributed by atoms with E-state index < -0.39 is 5.97 Å². The number of likely N-dealkylation sites (N-methyl/N-ethyl adjacent to an activating group) is 1. The number of halogens is 2. The molecule has 1 aliphatic heterocycles. The van der Waals surface area contributed by atoms with Crippen molar-refractivity contribution >= 4 is 68.1 Å². The molecule has 190 valence electrons. The Morgan fingerprint density at radius 2 is 1.81 bits per heavy atom. The van der Waals surface area contributed by atoms with E-state index in [1.54, 1.807) is 44.5 Å². The highest BCUT2D eigenvalue weighted by atomic mass is 79.9. The molecule has 1 amide bonds. The molecule has 0 aliphatic carbocycles. The van der Waals surface area contributed by atoms with Crippen molar-refractivity contribution in [2.45, 2.75) is 6.61 Å². The first kappa shape index (κ1) is 26.8. The Morgan fingerprint density at radius 1 is 1.11 bits per heavy atom. The van der Waals surface area contributed by atoms with Crippen molar-refractivity contribution in [2.24, 2.45) is 4.99 Å². The Bertz CT molecular complexity index is 1390. The van der Waals surface area contributed by atoms with Gasteiger partial charge in [-0.05, 0) is 93.4 Å². The van der Waals surface area contributed by atoms with Crippen LogP contribution in [0.5, 0.6) is 11.5 Å². The molecular formula is C27H22BrClN2O5S. The summed E-state index contributed by atoms with van der Waals surface area (Å²) in [5, 5.41) is 1.19. The van der Waals surface area contributed by atoms with Crippen molar-refractivity contribution in [2.75, 3.05) is 21.3 Å². The van der Waals surface area contributed by atoms with Crippen LogP contribution in [0.3, 0.4) is 0 Å². The Hall–Kier alpha value is -3.27. The Morgan fingerprint density at radius 3 is 2.46 bits per heavy atom. The molecule has 0 saturated carbocycles. The van der Waals surface area contributed by atoms with Crippen molar-refractivity contribution in [1.82, 2.24) is 4.90 Å². The number of rotatable bonds is 7. The van der Waals surface area contributed by atoms with E-state index in [4.69, 9.17) is 25.8 Å². The zero-order valence-electron chi connectivity index (χ0n) is 20.2. The third kappa shape index (κ3) is 6.36. The molecule has 0 aromatic heterocycles. The summed E-state index contributed by atoms with van der Waals surface area (Å²) in [6.07, 6.45) is 1.78. The molecule has 0 N–H and O–H groups in total. The van der Waals surface area contributed by atoms with Crippen LogP contribution in [0, 0.1) is 0 Å². The van der Waals surface area contributed by atoms with E-state index >= 15 is 0 Å². The normalized spacial score (nSPS) is 15.4. The van der Waals surface area contributed by atoms with E-state index in [9.17, 15) is 9.59 Å². The van der Waals surface area contributed by atoms with Crippen LogP contribution in [-0.4, -0.2) is 43.2 Å². The molecule has 4 rings (SSSR count). The molecule has 0 atom stereocenters. The van der Waals surface area contributed by atoms with Crippen molar-refractivity contribution in [3.05, 3.63) is 91.8 Å². The highest BCUT2D eigenvalue weighted by Gasteiger charge is 2.30. The number of hydrogen-bond acceptors (Lipinski definition) is 7. The predicted octanol–water partition coefficient (Wildman–Crippen LogP) is 6.71. The number of carbonyl (C=O) groups is 2. The SMILES string of the molecule is COC(=O)c1ccc(N=C2S/C(=C\c3cc(Br)c(OCc4ccc(Cl)cc4)c(OC)c3)C(=O)N2C)cc1. The van der Waals surface area contributed by atoms with Gasteiger partial charge in [0.05, 0.1) is 34.8 Å². The van der Waals surface area contributed by atoms with E-state index in [0.717, 1.165) is 11.1 Å². The fourth-order valence-corrected chi connectivity index (χ4v) is 5.09. The predicted molar refractivity (Wildman–Crippen MR) is 150 cm³/mol. The van der Waals surface area contributed by atoms with E-state index in [0.29, 0.717) is 48.9 Å². The van der Waals surface area contributed by atoms with Gasteiger partial charge in [0.1, 0.15) is 6.61 Å². The highest BCUT2D eigenvalue weighted by molar-refractivity contribution is 9.10. The average Bonchev–Trinajstić information content (AvgIpc) is 3.16.